The van der Waals surface area contributed by atoms with Gasteiger partial charge in [-0.15, -0.1) is 0 Å². The number of rotatable bonds is 4. The van der Waals surface area contributed by atoms with E-state index in [-0.39, 0.29) is 6.54 Å². The van der Waals surface area contributed by atoms with Gasteiger partial charge in [0.2, 0.25) is 0 Å². The highest BCUT2D eigenvalue weighted by atomic mass is 19.4. The van der Waals surface area contributed by atoms with Crippen LogP contribution in [0.3, 0.4) is 0 Å². The Morgan fingerprint density at radius 1 is 1.08 bits per heavy atom. The molecule has 2 aromatic carbocycles. The molecule has 1 aliphatic heterocycles. The van der Waals surface area contributed by atoms with Gasteiger partial charge in [-0.05, 0) is 29.8 Å². The maximum absolute atomic E-state index is 13.6. The minimum atomic E-state index is -4.36. The van der Waals surface area contributed by atoms with E-state index in [1.165, 1.54) is 24.2 Å². The van der Waals surface area contributed by atoms with Crippen LogP contribution in [-0.2, 0) is 6.54 Å². The Hall–Kier alpha value is -2.61. The third-order valence-corrected chi connectivity index (χ3v) is 4.05. The second-order valence-corrected chi connectivity index (χ2v) is 5.93. The SMILES string of the molecule is CN1NC(C(F)(F)F)C=C1c1ccc(NCc2ccc(F)cc2F)cc1. The number of hydrogen-bond acceptors (Lipinski definition) is 3. The third kappa shape index (κ3) is 3.96. The van der Waals surface area contributed by atoms with E-state index < -0.39 is 23.9 Å². The summed E-state index contributed by atoms with van der Waals surface area (Å²) in [5.74, 6) is -1.29. The molecule has 0 bridgehead atoms. The predicted octanol–water partition coefficient (Wildman–Crippen LogP) is 4.30. The fourth-order valence-corrected chi connectivity index (χ4v) is 2.66. The molecule has 0 radical (unpaired) electrons. The second-order valence-electron chi connectivity index (χ2n) is 5.93. The smallest absolute Gasteiger partial charge is 0.381 e. The number of benzene rings is 2. The number of hydrazine groups is 1. The van der Waals surface area contributed by atoms with Gasteiger partial charge in [0.15, 0.2) is 0 Å². The molecule has 2 N–H and O–H groups in total. The van der Waals surface area contributed by atoms with Gasteiger partial charge in [-0.25, -0.2) is 14.2 Å². The Morgan fingerprint density at radius 2 is 1.77 bits per heavy atom. The molecule has 0 fully saturated rings. The quantitative estimate of drug-likeness (QED) is 0.787. The molecule has 0 aliphatic carbocycles. The monoisotopic (exact) mass is 369 g/mol. The van der Waals surface area contributed by atoms with Gasteiger partial charge in [-0.1, -0.05) is 18.2 Å². The molecule has 8 heteroatoms. The van der Waals surface area contributed by atoms with Gasteiger partial charge in [0.1, 0.15) is 17.7 Å². The van der Waals surface area contributed by atoms with Crippen molar-refractivity contribution in [3.05, 3.63) is 71.3 Å². The van der Waals surface area contributed by atoms with E-state index in [0.29, 0.717) is 22.5 Å². The van der Waals surface area contributed by atoms with E-state index in [1.54, 1.807) is 24.3 Å². The van der Waals surface area contributed by atoms with E-state index >= 15 is 0 Å². The normalized spacial score (nSPS) is 17.4. The number of anilines is 1. The molecular weight excluding hydrogens is 353 g/mol. The molecular formula is C18H16F5N3. The maximum atomic E-state index is 13.6. The van der Waals surface area contributed by atoms with Crippen molar-refractivity contribution in [1.29, 1.82) is 0 Å². The van der Waals surface area contributed by atoms with Crippen LogP contribution in [0.25, 0.3) is 5.70 Å². The molecule has 1 unspecified atom stereocenters. The highest BCUT2D eigenvalue weighted by Crippen LogP contribution is 2.31. The van der Waals surface area contributed by atoms with Crippen LogP contribution in [0.1, 0.15) is 11.1 Å². The number of halogens is 5. The zero-order chi connectivity index (χ0) is 18.9. The molecule has 0 saturated carbocycles. The van der Waals surface area contributed by atoms with Gasteiger partial charge in [0.25, 0.3) is 0 Å². The molecule has 26 heavy (non-hydrogen) atoms. The molecule has 0 saturated heterocycles. The largest absolute Gasteiger partial charge is 0.409 e. The first-order chi connectivity index (χ1) is 12.2. The Morgan fingerprint density at radius 3 is 2.35 bits per heavy atom. The van der Waals surface area contributed by atoms with Crippen molar-refractivity contribution in [2.24, 2.45) is 0 Å². The Kier molecular flexibility index (Phi) is 4.86. The molecule has 1 heterocycles. The van der Waals surface area contributed by atoms with Crippen molar-refractivity contribution in [2.45, 2.75) is 18.8 Å². The summed E-state index contributed by atoms with van der Waals surface area (Å²) >= 11 is 0. The zero-order valence-corrected chi connectivity index (χ0v) is 13.7. The average Bonchev–Trinajstić information content (AvgIpc) is 2.97. The standard InChI is InChI=1S/C18H16F5N3/c1-26-16(9-17(25-26)18(21,22)23)11-3-6-14(7-4-11)24-10-12-2-5-13(19)8-15(12)20/h2-9,17,24-25H,10H2,1H3. The lowest BCUT2D eigenvalue weighted by Crippen LogP contribution is -2.42. The lowest BCUT2D eigenvalue weighted by molar-refractivity contribution is -0.148. The third-order valence-electron chi connectivity index (χ3n) is 4.05. The van der Waals surface area contributed by atoms with Crippen LogP contribution in [0, 0.1) is 11.6 Å². The lowest BCUT2D eigenvalue weighted by atomic mass is 10.1. The van der Waals surface area contributed by atoms with Crippen molar-refractivity contribution in [3.8, 4) is 0 Å². The summed E-state index contributed by atoms with van der Waals surface area (Å²) in [5, 5.41) is 4.32. The molecule has 0 aromatic heterocycles. The number of nitrogens with zero attached hydrogens (tertiary/aromatic N) is 1. The number of nitrogens with one attached hydrogen (secondary N) is 2. The van der Waals surface area contributed by atoms with Gasteiger partial charge in [-0.3, -0.25) is 0 Å². The van der Waals surface area contributed by atoms with E-state index in [1.807, 2.05) is 0 Å². The minimum absolute atomic E-state index is 0.158. The van der Waals surface area contributed by atoms with Crippen LogP contribution in [0.2, 0.25) is 0 Å². The van der Waals surface area contributed by atoms with E-state index in [2.05, 4.69) is 10.7 Å². The summed E-state index contributed by atoms with van der Waals surface area (Å²) in [7, 11) is 1.51. The van der Waals surface area contributed by atoms with Crippen LogP contribution in [-0.4, -0.2) is 24.3 Å². The summed E-state index contributed by atoms with van der Waals surface area (Å²) in [5.41, 5.74) is 4.35. The van der Waals surface area contributed by atoms with Gasteiger partial charge in [-0.2, -0.15) is 13.2 Å². The first-order valence-electron chi connectivity index (χ1n) is 7.81. The van der Waals surface area contributed by atoms with Crippen molar-refractivity contribution in [2.75, 3.05) is 12.4 Å². The average molecular weight is 369 g/mol. The van der Waals surface area contributed by atoms with Gasteiger partial charge < -0.3 is 10.3 Å². The van der Waals surface area contributed by atoms with Crippen molar-refractivity contribution < 1.29 is 22.0 Å². The molecule has 138 valence electrons. The highest BCUT2D eigenvalue weighted by Gasteiger charge is 2.42. The fraction of sp³-hybridized carbons (Fsp3) is 0.222. The van der Waals surface area contributed by atoms with Gasteiger partial charge in [0.05, 0.1) is 5.70 Å². The maximum Gasteiger partial charge on any atom is 0.409 e. The number of hydrogen-bond donors (Lipinski definition) is 2. The first kappa shape index (κ1) is 18.2. The van der Waals surface area contributed by atoms with Crippen LogP contribution in [0.5, 0.6) is 0 Å². The van der Waals surface area contributed by atoms with Crippen molar-refractivity contribution in [1.82, 2.24) is 10.4 Å². The summed E-state index contributed by atoms with van der Waals surface area (Å²) in [6, 6.07) is 8.34. The number of alkyl halides is 3. The van der Waals surface area contributed by atoms with Crippen LogP contribution in [0.4, 0.5) is 27.6 Å². The van der Waals surface area contributed by atoms with Crippen LogP contribution in [0.15, 0.2) is 48.5 Å². The van der Waals surface area contributed by atoms with Crippen molar-refractivity contribution in [3.63, 3.8) is 0 Å². The fourth-order valence-electron chi connectivity index (χ4n) is 2.66. The molecule has 3 rings (SSSR count). The topological polar surface area (TPSA) is 27.3 Å². The van der Waals surface area contributed by atoms with Gasteiger partial charge >= 0.3 is 6.18 Å². The molecule has 1 atom stereocenters. The van der Waals surface area contributed by atoms with E-state index in [0.717, 1.165) is 12.1 Å². The van der Waals surface area contributed by atoms with Crippen LogP contribution < -0.4 is 10.7 Å². The first-order valence-corrected chi connectivity index (χ1v) is 7.81. The van der Waals surface area contributed by atoms with Gasteiger partial charge in [0, 0.05) is 30.9 Å². The minimum Gasteiger partial charge on any atom is -0.381 e. The predicted molar refractivity (Wildman–Crippen MR) is 88.8 cm³/mol. The molecule has 2 aromatic rings. The Labute approximate surface area is 147 Å². The lowest BCUT2D eigenvalue weighted by Gasteiger charge is -2.20. The van der Waals surface area contributed by atoms with E-state index in [9.17, 15) is 22.0 Å². The summed E-state index contributed by atoms with van der Waals surface area (Å²) in [4.78, 5) is 0. The summed E-state index contributed by atoms with van der Waals surface area (Å²) in [6.07, 6.45) is -3.24. The van der Waals surface area contributed by atoms with Crippen LogP contribution >= 0.6 is 0 Å². The Bertz CT molecular complexity index is 815. The second kappa shape index (κ2) is 6.95. The summed E-state index contributed by atoms with van der Waals surface area (Å²) < 4.78 is 64.9. The molecule has 3 nitrogen and oxygen atoms in total. The molecule has 0 amide bonds. The molecule has 1 aliphatic rings. The highest BCUT2D eigenvalue weighted by molar-refractivity contribution is 5.67. The van der Waals surface area contributed by atoms with Crippen molar-refractivity contribution >= 4 is 11.4 Å². The summed E-state index contributed by atoms with van der Waals surface area (Å²) in [6.45, 7) is 0.158. The van der Waals surface area contributed by atoms with E-state index in [4.69, 9.17) is 0 Å². The molecule has 0 spiro atoms. The Balaban J connectivity index is 1.69. The zero-order valence-electron chi connectivity index (χ0n) is 13.7.